The summed E-state index contributed by atoms with van der Waals surface area (Å²) < 4.78 is 0.853. The zero-order valence-electron chi connectivity index (χ0n) is 18.9. The van der Waals surface area contributed by atoms with Gasteiger partial charge in [-0.1, -0.05) is 36.5 Å². The van der Waals surface area contributed by atoms with Gasteiger partial charge in [-0.25, -0.2) is 4.98 Å². The number of anilines is 1. The van der Waals surface area contributed by atoms with Crippen molar-refractivity contribution in [3.05, 3.63) is 99.1 Å². The summed E-state index contributed by atoms with van der Waals surface area (Å²) >= 11 is 1.26. The Morgan fingerprint density at radius 2 is 1.78 bits per heavy atom. The maximum atomic E-state index is 13.3. The maximum Gasteiger partial charge on any atom is 0.301 e. The summed E-state index contributed by atoms with van der Waals surface area (Å²) in [5.41, 5.74) is 2.06. The van der Waals surface area contributed by atoms with Gasteiger partial charge in [-0.15, -0.1) is 0 Å². The third kappa shape index (κ3) is 3.87. The number of amides is 1. The molecule has 9 nitrogen and oxygen atoms in total. The Morgan fingerprint density at radius 3 is 2.42 bits per heavy atom. The molecule has 1 atom stereocenters. The summed E-state index contributed by atoms with van der Waals surface area (Å²) in [4.78, 5) is 42.8. The van der Waals surface area contributed by atoms with Gasteiger partial charge >= 0.3 is 5.91 Å². The van der Waals surface area contributed by atoms with Crippen LogP contribution in [0.2, 0.25) is 0 Å². The Kier molecular flexibility index (Phi) is 5.73. The number of ketones is 1. The van der Waals surface area contributed by atoms with Crippen LogP contribution < -0.4 is 4.90 Å². The molecule has 180 valence electrons. The van der Waals surface area contributed by atoms with Crippen LogP contribution in [0.5, 0.6) is 5.75 Å². The summed E-state index contributed by atoms with van der Waals surface area (Å²) in [6.45, 7) is 2.03. The molecule has 1 aromatic heterocycles. The van der Waals surface area contributed by atoms with Crippen LogP contribution in [0.3, 0.4) is 0 Å². The summed E-state index contributed by atoms with van der Waals surface area (Å²) in [5.74, 6) is -2.22. The van der Waals surface area contributed by atoms with Gasteiger partial charge in [0.1, 0.15) is 11.5 Å². The molecule has 1 unspecified atom stereocenters. The molecule has 0 aliphatic carbocycles. The molecule has 1 aliphatic heterocycles. The van der Waals surface area contributed by atoms with E-state index in [4.69, 9.17) is 0 Å². The zero-order chi connectivity index (χ0) is 25.6. The number of thiazole rings is 1. The SMILES string of the molecule is CCc1ccc2nc(N3C(=O)C(=O)/C(=C(/O)c4ccc([N+](=O)[O-])cc4)C3c3ccc(O)cc3)sc2c1. The molecule has 0 saturated carbocycles. The van der Waals surface area contributed by atoms with Crippen LogP contribution in [0, 0.1) is 10.1 Å². The highest BCUT2D eigenvalue weighted by Gasteiger charge is 2.48. The molecule has 1 aliphatic rings. The first kappa shape index (κ1) is 23.2. The van der Waals surface area contributed by atoms with Crippen molar-refractivity contribution in [2.24, 2.45) is 0 Å². The number of benzene rings is 3. The molecule has 0 spiro atoms. The summed E-state index contributed by atoms with van der Waals surface area (Å²) in [6, 6.07) is 15.8. The van der Waals surface area contributed by atoms with Crippen LogP contribution in [-0.4, -0.2) is 31.8 Å². The van der Waals surface area contributed by atoms with E-state index >= 15 is 0 Å². The van der Waals surface area contributed by atoms with E-state index in [-0.39, 0.29) is 22.6 Å². The van der Waals surface area contributed by atoms with Crippen LogP contribution in [-0.2, 0) is 16.0 Å². The number of carbonyl (C=O) groups is 2. The molecule has 1 saturated heterocycles. The van der Waals surface area contributed by atoms with Gasteiger partial charge in [-0.3, -0.25) is 24.6 Å². The van der Waals surface area contributed by atoms with E-state index in [9.17, 15) is 29.9 Å². The van der Waals surface area contributed by atoms with E-state index in [1.165, 1.54) is 52.6 Å². The quantitative estimate of drug-likeness (QED) is 0.128. The number of hydrogen-bond donors (Lipinski definition) is 2. The standard InChI is InChI=1S/C26H19N3O6S/c1-2-14-3-12-19-20(13-14)36-26(27-19)28-22(15-6-10-18(30)11-7-15)21(24(32)25(28)33)23(31)16-4-8-17(9-5-16)29(34)35/h3-13,22,30-31H,2H2,1H3/b23-21+. The van der Waals surface area contributed by atoms with Gasteiger partial charge in [-0.05, 0) is 53.9 Å². The predicted molar refractivity (Wildman–Crippen MR) is 135 cm³/mol. The topological polar surface area (TPSA) is 134 Å². The van der Waals surface area contributed by atoms with Crippen molar-refractivity contribution < 1.29 is 24.7 Å². The molecule has 2 N–H and O–H groups in total. The lowest BCUT2D eigenvalue weighted by molar-refractivity contribution is -0.384. The number of hydrogen-bond acceptors (Lipinski definition) is 8. The molecule has 0 radical (unpaired) electrons. The van der Waals surface area contributed by atoms with Crippen molar-refractivity contribution in [2.45, 2.75) is 19.4 Å². The third-order valence-electron chi connectivity index (χ3n) is 6.06. The van der Waals surface area contributed by atoms with E-state index in [1.54, 1.807) is 12.1 Å². The first-order valence-electron chi connectivity index (χ1n) is 11.0. The number of aliphatic hydroxyl groups excluding tert-OH is 1. The van der Waals surface area contributed by atoms with Gasteiger partial charge in [0.2, 0.25) is 0 Å². The lowest BCUT2D eigenvalue weighted by Crippen LogP contribution is -2.29. The van der Waals surface area contributed by atoms with Crippen LogP contribution >= 0.6 is 11.3 Å². The fourth-order valence-corrected chi connectivity index (χ4v) is 5.23. The lowest BCUT2D eigenvalue weighted by Gasteiger charge is -2.23. The first-order chi connectivity index (χ1) is 17.3. The highest BCUT2D eigenvalue weighted by Crippen LogP contribution is 2.44. The minimum atomic E-state index is -1.02. The number of aliphatic hydroxyl groups is 1. The molecule has 4 aromatic rings. The number of rotatable bonds is 5. The Hall–Kier alpha value is -4.57. The molecule has 1 fully saturated rings. The van der Waals surface area contributed by atoms with E-state index in [1.807, 2.05) is 25.1 Å². The highest BCUT2D eigenvalue weighted by molar-refractivity contribution is 7.22. The van der Waals surface area contributed by atoms with Crippen LogP contribution in [0.1, 0.15) is 29.7 Å². The average molecular weight is 502 g/mol. The smallest absolute Gasteiger partial charge is 0.301 e. The van der Waals surface area contributed by atoms with Crippen molar-refractivity contribution in [2.75, 3.05) is 4.90 Å². The van der Waals surface area contributed by atoms with Gasteiger partial charge < -0.3 is 10.2 Å². The van der Waals surface area contributed by atoms with Crippen molar-refractivity contribution in [1.82, 2.24) is 4.98 Å². The van der Waals surface area contributed by atoms with Crippen molar-refractivity contribution in [3.63, 3.8) is 0 Å². The average Bonchev–Trinajstić information content (AvgIpc) is 3.41. The molecular weight excluding hydrogens is 482 g/mol. The fraction of sp³-hybridized carbons (Fsp3) is 0.115. The van der Waals surface area contributed by atoms with Gasteiger partial charge in [0.05, 0.1) is 26.8 Å². The van der Waals surface area contributed by atoms with E-state index < -0.39 is 28.4 Å². The number of phenols is 1. The molecule has 3 aromatic carbocycles. The Morgan fingerprint density at radius 1 is 1.08 bits per heavy atom. The molecule has 5 rings (SSSR count). The minimum absolute atomic E-state index is 0.00171. The van der Waals surface area contributed by atoms with Crippen molar-refractivity contribution in [3.8, 4) is 5.75 Å². The Bertz CT molecular complexity index is 1560. The number of nitro benzene ring substituents is 1. The second kappa shape index (κ2) is 8.90. The number of aromatic nitrogens is 1. The predicted octanol–water partition coefficient (Wildman–Crippen LogP) is 5.10. The van der Waals surface area contributed by atoms with Gasteiger partial charge in [0, 0.05) is 17.7 Å². The third-order valence-corrected chi connectivity index (χ3v) is 7.08. The number of aromatic hydroxyl groups is 1. The van der Waals surface area contributed by atoms with Gasteiger partial charge in [0.25, 0.3) is 11.5 Å². The number of Topliss-reactive ketones (excluding diaryl/α,β-unsaturated/α-hetero) is 1. The summed E-state index contributed by atoms with van der Waals surface area (Å²) in [7, 11) is 0. The molecule has 0 bridgehead atoms. The van der Waals surface area contributed by atoms with Gasteiger partial charge in [-0.2, -0.15) is 0 Å². The van der Waals surface area contributed by atoms with E-state index in [2.05, 4.69) is 4.98 Å². The number of non-ortho nitro benzene ring substituents is 1. The maximum absolute atomic E-state index is 13.3. The van der Waals surface area contributed by atoms with E-state index in [0.717, 1.165) is 16.7 Å². The lowest BCUT2D eigenvalue weighted by atomic mass is 9.95. The van der Waals surface area contributed by atoms with Crippen LogP contribution in [0.25, 0.3) is 16.0 Å². The number of aryl methyl sites for hydroxylation is 1. The number of carbonyl (C=O) groups excluding carboxylic acids is 2. The number of fused-ring (bicyclic) bond motifs is 1. The molecule has 10 heteroatoms. The zero-order valence-corrected chi connectivity index (χ0v) is 19.7. The monoisotopic (exact) mass is 501 g/mol. The number of phenolic OH excluding ortho intramolecular Hbond substituents is 1. The number of nitrogens with zero attached hydrogens (tertiary/aromatic N) is 3. The Labute approximate surface area is 208 Å². The second-order valence-electron chi connectivity index (χ2n) is 8.22. The highest BCUT2D eigenvalue weighted by atomic mass is 32.1. The van der Waals surface area contributed by atoms with Gasteiger partial charge in [0.15, 0.2) is 5.13 Å². The molecule has 36 heavy (non-hydrogen) atoms. The minimum Gasteiger partial charge on any atom is -0.508 e. The van der Waals surface area contributed by atoms with E-state index in [0.29, 0.717) is 16.2 Å². The second-order valence-corrected chi connectivity index (χ2v) is 9.23. The van der Waals surface area contributed by atoms with Crippen LogP contribution in [0.4, 0.5) is 10.8 Å². The van der Waals surface area contributed by atoms with Crippen molar-refractivity contribution in [1.29, 1.82) is 0 Å². The first-order valence-corrected chi connectivity index (χ1v) is 11.8. The molecule has 2 heterocycles. The fourth-order valence-electron chi connectivity index (χ4n) is 4.18. The summed E-state index contributed by atoms with van der Waals surface area (Å²) in [6.07, 6.45) is 0.830. The van der Waals surface area contributed by atoms with Crippen molar-refractivity contribution >= 4 is 49.8 Å². The summed E-state index contributed by atoms with van der Waals surface area (Å²) in [5, 5.41) is 32.2. The Balaban J connectivity index is 1.69. The van der Waals surface area contributed by atoms with Crippen LogP contribution in [0.15, 0.2) is 72.3 Å². The normalized spacial score (nSPS) is 17.1. The number of nitro groups is 1. The molecular formula is C26H19N3O6S. The largest absolute Gasteiger partial charge is 0.508 e. The molecule has 1 amide bonds.